The van der Waals surface area contributed by atoms with E-state index in [0.29, 0.717) is 24.6 Å². The molecule has 0 unspecified atom stereocenters. The van der Waals surface area contributed by atoms with Crippen LogP contribution in [0.5, 0.6) is 5.75 Å². The molecule has 0 bridgehead atoms. The second kappa shape index (κ2) is 5.68. The molecule has 2 aliphatic rings. The molecule has 1 amide bonds. The second-order valence-electron chi connectivity index (χ2n) is 6.51. The van der Waals surface area contributed by atoms with Crippen molar-refractivity contribution in [3.05, 3.63) is 29.3 Å². The summed E-state index contributed by atoms with van der Waals surface area (Å²) in [6.45, 7) is 3.25. The number of hydrogen-bond acceptors (Lipinski definition) is 3. The third-order valence-corrected chi connectivity index (χ3v) is 4.73. The summed E-state index contributed by atoms with van der Waals surface area (Å²) in [5.74, 6) is 1.45. The lowest BCUT2D eigenvalue weighted by molar-refractivity contribution is -0.00540. The van der Waals surface area contributed by atoms with Crippen LogP contribution in [0.15, 0.2) is 18.2 Å². The van der Waals surface area contributed by atoms with Crippen LogP contribution in [0, 0.1) is 5.92 Å². The first-order valence-corrected chi connectivity index (χ1v) is 7.82. The van der Waals surface area contributed by atoms with Crippen molar-refractivity contribution in [2.24, 2.45) is 5.92 Å². The van der Waals surface area contributed by atoms with Crippen LogP contribution in [-0.4, -0.2) is 29.8 Å². The molecule has 21 heavy (non-hydrogen) atoms. The molecular formula is C17H23NO3. The largest absolute Gasteiger partial charge is 0.493 e. The first kappa shape index (κ1) is 14.4. The minimum absolute atomic E-state index is 0.114. The minimum Gasteiger partial charge on any atom is -0.493 e. The highest BCUT2D eigenvalue weighted by Gasteiger charge is 2.32. The summed E-state index contributed by atoms with van der Waals surface area (Å²) in [7, 11) is 0. The van der Waals surface area contributed by atoms with Gasteiger partial charge in [0.05, 0.1) is 12.2 Å². The van der Waals surface area contributed by atoms with E-state index in [4.69, 9.17) is 4.74 Å². The van der Waals surface area contributed by atoms with Crippen molar-refractivity contribution in [1.29, 1.82) is 0 Å². The van der Waals surface area contributed by atoms with Gasteiger partial charge in [-0.2, -0.15) is 0 Å². The quantitative estimate of drug-likeness (QED) is 0.897. The maximum absolute atomic E-state index is 12.2. The Morgan fingerprint density at radius 2 is 2.19 bits per heavy atom. The van der Waals surface area contributed by atoms with Gasteiger partial charge in [-0.1, -0.05) is 6.92 Å². The maximum atomic E-state index is 12.2. The number of nitrogens with one attached hydrogen (secondary N) is 1. The average molecular weight is 289 g/mol. The van der Waals surface area contributed by atoms with E-state index < -0.39 is 5.60 Å². The standard InChI is InChI=1S/C17H23NO3/c1-12-4-7-17(20,8-5-12)11-18-16(19)14-2-3-15-13(10-14)6-9-21-15/h2-3,10,12,20H,4-9,11H2,1H3,(H,18,19). The summed E-state index contributed by atoms with van der Waals surface area (Å²) in [6, 6.07) is 5.53. The van der Waals surface area contributed by atoms with Crippen molar-refractivity contribution in [2.45, 2.75) is 44.6 Å². The minimum atomic E-state index is -0.734. The molecule has 1 aliphatic heterocycles. The van der Waals surface area contributed by atoms with Crippen molar-refractivity contribution >= 4 is 5.91 Å². The Hall–Kier alpha value is -1.55. The maximum Gasteiger partial charge on any atom is 0.251 e. The first-order valence-electron chi connectivity index (χ1n) is 7.82. The number of rotatable bonds is 3. The monoisotopic (exact) mass is 289 g/mol. The molecule has 4 heteroatoms. The number of amides is 1. The van der Waals surface area contributed by atoms with E-state index in [1.807, 2.05) is 12.1 Å². The highest BCUT2D eigenvalue weighted by molar-refractivity contribution is 5.94. The summed E-state index contributed by atoms with van der Waals surface area (Å²) in [5.41, 5.74) is 1.00. The topological polar surface area (TPSA) is 58.6 Å². The van der Waals surface area contributed by atoms with Crippen LogP contribution in [0.4, 0.5) is 0 Å². The van der Waals surface area contributed by atoms with Gasteiger partial charge in [-0.05, 0) is 55.4 Å². The average Bonchev–Trinajstić information content (AvgIpc) is 2.96. The molecule has 1 aromatic carbocycles. The smallest absolute Gasteiger partial charge is 0.251 e. The molecule has 2 N–H and O–H groups in total. The van der Waals surface area contributed by atoms with Gasteiger partial charge >= 0.3 is 0 Å². The molecule has 0 saturated heterocycles. The van der Waals surface area contributed by atoms with Crippen LogP contribution in [0.25, 0.3) is 0 Å². The van der Waals surface area contributed by atoms with E-state index in [0.717, 1.165) is 43.4 Å². The highest BCUT2D eigenvalue weighted by Crippen LogP contribution is 2.31. The van der Waals surface area contributed by atoms with E-state index in [9.17, 15) is 9.90 Å². The predicted molar refractivity (Wildman–Crippen MR) is 80.6 cm³/mol. The van der Waals surface area contributed by atoms with Gasteiger partial charge in [0.1, 0.15) is 5.75 Å². The van der Waals surface area contributed by atoms with Crippen LogP contribution in [0.1, 0.15) is 48.5 Å². The Kier molecular flexibility index (Phi) is 3.89. The highest BCUT2D eigenvalue weighted by atomic mass is 16.5. The van der Waals surface area contributed by atoms with Crippen LogP contribution in [0.3, 0.4) is 0 Å². The Balaban J connectivity index is 1.59. The van der Waals surface area contributed by atoms with Crippen molar-refractivity contribution in [2.75, 3.05) is 13.2 Å². The fourth-order valence-corrected chi connectivity index (χ4v) is 3.15. The Morgan fingerprint density at radius 3 is 2.95 bits per heavy atom. The van der Waals surface area contributed by atoms with Gasteiger partial charge in [0.25, 0.3) is 5.91 Å². The van der Waals surface area contributed by atoms with Gasteiger partial charge < -0.3 is 15.2 Å². The second-order valence-corrected chi connectivity index (χ2v) is 6.51. The summed E-state index contributed by atoms with van der Waals surface area (Å²) in [4.78, 5) is 12.2. The van der Waals surface area contributed by atoms with Gasteiger partial charge in [0, 0.05) is 18.5 Å². The molecule has 1 fully saturated rings. The van der Waals surface area contributed by atoms with Crippen molar-refractivity contribution < 1.29 is 14.6 Å². The van der Waals surface area contributed by atoms with Gasteiger partial charge in [-0.3, -0.25) is 4.79 Å². The first-order chi connectivity index (χ1) is 10.1. The number of aliphatic hydroxyl groups is 1. The van der Waals surface area contributed by atoms with E-state index in [2.05, 4.69) is 12.2 Å². The van der Waals surface area contributed by atoms with Crippen LogP contribution in [0.2, 0.25) is 0 Å². The van der Waals surface area contributed by atoms with Crippen LogP contribution < -0.4 is 10.1 Å². The Bertz CT molecular complexity index is 533. The van der Waals surface area contributed by atoms with Gasteiger partial charge in [0.15, 0.2) is 0 Å². The summed E-state index contributed by atoms with van der Waals surface area (Å²) in [6.07, 6.45) is 4.46. The molecular weight excluding hydrogens is 266 g/mol. The molecule has 114 valence electrons. The lowest BCUT2D eigenvalue weighted by Gasteiger charge is -2.34. The number of benzene rings is 1. The van der Waals surface area contributed by atoms with E-state index in [1.54, 1.807) is 6.07 Å². The van der Waals surface area contributed by atoms with Crippen LogP contribution >= 0.6 is 0 Å². The van der Waals surface area contributed by atoms with Crippen molar-refractivity contribution in [3.8, 4) is 5.75 Å². The predicted octanol–water partition coefficient (Wildman–Crippen LogP) is 2.29. The third kappa shape index (κ3) is 3.21. The molecule has 0 aromatic heterocycles. The molecule has 1 aromatic rings. The zero-order valence-electron chi connectivity index (χ0n) is 12.5. The number of carbonyl (C=O) groups excluding carboxylic acids is 1. The Morgan fingerprint density at radius 1 is 1.43 bits per heavy atom. The molecule has 0 radical (unpaired) electrons. The lowest BCUT2D eigenvalue weighted by atomic mass is 9.79. The van der Waals surface area contributed by atoms with Gasteiger partial charge in [-0.25, -0.2) is 0 Å². The molecule has 1 aliphatic carbocycles. The summed E-state index contributed by atoms with van der Waals surface area (Å²) >= 11 is 0. The molecule has 4 nitrogen and oxygen atoms in total. The molecule has 1 saturated carbocycles. The van der Waals surface area contributed by atoms with E-state index in [-0.39, 0.29) is 5.91 Å². The fourth-order valence-electron chi connectivity index (χ4n) is 3.15. The third-order valence-electron chi connectivity index (χ3n) is 4.73. The molecule has 1 heterocycles. The summed E-state index contributed by atoms with van der Waals surface area (Å²) in [5, 5.41) is 13.4. The van der Waals surface area contributed by atoms with Gasteiger partial charge in [0.2, 0.25) is 0 Å². The van der Waals surface area contributed by atoms with Crippen molar-refractivity contribution in [1.82, 2.24) is 5.32 Å². The number of hydrogen-bond donors (Lipinski definition) is 2. The lowest BCUT2D eigenvalue weighted by Crippen LogP contribution is -2.45. The number of ether oxygens (including phenoxy) is 1. The van der Waals surface area contributed by atoms with Gasteiger partial charge in [-0.15, -0.1) is 0 Å². The molecule has 3 rings (SSSR count). The zero-order valence-corrected chi connectivity index (χ0v) is 12.5. The van der Waals surface area contributed by atoms with Crippen LogP contribution in [-0.2, 0) is 6.42 Å². The number of fused-ring (bicyclic) bond motifs is 1. The Labute approximate surface area is 125 Å². The normalized spacial score (nSPS) is 27.8. The molecule has 0 atom stereocenters. The number of carbonyl (C=O) groups is 1. The molecule has 0 spiro atoms. The van der Waals surface area contributed by atoms with E-state index in [1.165, 1.54) is 0 Å². The van der Waals surface area contributed by atoms with Crippen molar-refractivity contribution in [3.63, 3.8) is 0 Å². The fraction of sp³-hybridized carbons (Fsp3) is 0.588. The summed E-state index contributed by atoms with van der Waals surface area (Å²) < 4.78 is 5.44. The zero-order chi connectivity index (χ0) is 14.9. The van der Waals surface area contributed by atoms with E-state index >= 15 is 0 Å². The SMILES string of the molecule is CC1CCC(O)(CNC(=O)c2ccc3c(c2)CCO3)CC1.